The molecule has 0 aromatic heterocycles. The summed E-state index contributed by atoms with van der Waals surface area (Å²) in [5, 5.41) is 2.85. The molecule has 4 nitrogen and oxygen atoms in total. The second-order valence-electron chi connectivity index (χ2n) is 7.05. The standard InChI is InChI=1S/C15H27NO3/c1-7-11(16-13(18)19-14(2,3)4)10-8-9-15(5,6)12(10)17/h10-11H,7-9H2,1-6H3,(H,16,18). The summed E-state index contributed by atoms with van der Waals surface area (Å²) in [7, 11) is 0. The first-order chi connectivity index (χ1) is 8.57. The van der Waals surface area contributed by atoms with Gasteiger partial charge in [0.2, 0.25) is 0 Å². The molecule has 1 rings (SSSR count). The summed E-state index contributed by atoms with van der Waals surface area (Å²) in [5.74, 6) is 0.183. The van der Waals surface area contributed by atoms with Gasteiger partial charge in [0.05, 0.1) is 0 Å². The van der Waals surface area contributed by atoms with E-state index in [1.807, 2.05) is 41.5 Å². The van der Waals surface area contributed by atoms with Gasteiger partial charge in [0.25, 0.3) is 0 Å². The van der Waals surface area contributed by atoms with Crippen molar-refractivity contribution in [1.82, 2.24) is 5.32 Å². The van der Waals surface area contributed by atoms with Crippen LogP contribution in [0.2, 0.25) is 0 Å². The molecule has 0 aromatic carbocycles. The average Bonchev–Trinajstić information content (AvgIpc) is 2.49. The van der Waals surface area contributed by atoms with Gasteiger partial charge in [-0.3, -0.25) is 4.79 Å². The van der Waals surface area contributed by atoms with E-state index in [4.69, 9.17) is 4.74 Å². The Morgan fingerprint density at radius 1 is 1.47 bits per heavy atom. The summed E-state index contributed by atoms with van der Waals surface area (Å²) >= 11 is 0. The van der Waals surface area contributed by atoms with E-state index in [0.29, 0.717) is 0 Å². The first-order valence-electron chi connectivity index (χ1n) is 7.10. The van der Waals surface area contributed by atoms with Gasteiger partial charge >= 0.3 is 6.09 Å². The van der Waals surface area contributed by atoms with Gasteiger partial charge in [-0.15, -0.1) is 0 Å². The van der Waals surface area contributed by atoms with Gasteiger partial charge in [-0.25, -0.2) is 4.79 Å². The van der Waals surface area contributed by atoms with Gasteiger partial charge in [-0.1, -0.05) is 20.8 Å². The summed E-state index contributed by atoms with van der Waals surface area (Å²) in [6, 6.07) is -0.121. The third-order valence-electron chi connectivity index (χ3n) is 3.71. The van der Waals surface area contributed by atoms with Crippen LogP contribution in [-0.2, 0) is 9.53 Å². The molecule has 1 fully saturated rings. The average molecular weight is 269 g/mol. The van der Waals surface area contributed by atoms with Crippen LogP contribution in [0.25, 0.3) is 0 Å². The molecule has 0 aromatic rings. The van der Waals surface area contributed by atoms with Crippen molar-refractivity contribution in [3.8, 4) is 0 Å². The van der Waals surface area contributed by atoms with Gasteiger partial charge in [-0.2, -0.15) is 0 Å². The summed E-state index contributed by atoms with van der Waals surface area (Å²) in [5.41, 5.74) is -0.769. The molecular formula is C15H27NO3. The van der Waals surface area contributed by atoms with Crippen molar-refractivity contribution in [3.05, 3.63) is 0 Å². The van der Waals surface area contributed by atoms with Crippen LogP contribution in [0.5, 0.6) is 0 Å². The molecule has 110 valence electrons. The fourth-order valence-electron chi connectivity index (χ4n) is 2.60. The van der Waals surface area contributed by atoms with E-state index in [0.717, 1.165) is 19.3 Å². The normalized spacial score (nSPS) is 24.1. The Hall–Kier alpha value is -1.06. The van der Waals surface area contributed by atoms with Crippen LogP contribution in [0.15, 0.2) is 0 Å². The second kappa shape index (κ2) is 5.51. The molecule has 2 unspecified atom stereocenters. The van der Waals surface area contributed by atoms with Crippen LogP contribution in [0.4, 0.5) is 4.79 Å². The molecule has 0 spiro atoms. The minimum Gasteiger partial charge on any atom is -0.444 e. The van der Waals surface area contributed by atoms with Crippen LogP contribution < -0.4 is 5.32 Å². The van der Waals surface area contributed by atoms with Gasteiger partial charge in [0.1, 0.15) is 11.4 Å². The molecule has 0 aliphatic heterocycles. The monoisotopic (exact) mass is 269 g/mol. The maximum absolute atomic E-state index is 12.3. The first kappa shape index (κ1) is 16.0. The lowest BCUT2D eigenvalue weighted by Gasteiger charge is -2.26. The highest BCUT2D eigenvalue weighted by molar-refractivity contribution is 5.89. The Labute approximate surface area is 116 Å². The Kier molecular flexibility index (Phi) is 4.64. The van der Waals surface area contributed by atoms with E-state index < -0.39 is 11.7 Å². The van der Waals surface area contributed by atoms with E-state index in [-0.39, 0.29) is 23.2 Å². The highest BCUT2D eigenvalue weighted by Crippen LogP contribution is 2.39. The summed E-state index contributed by atoms with van der Waals surface area (Å²) < 4.78 is 5.26. The van der Waals surface area contributed by atoms with Crippen LogP contribution in [-0.4, -0.2) is 23.5 Å². The highest BCUT2D eigenvalue weighted by atomic mass is 16.6. The summed E-state index contributed by atoms with van der Waals surface area (Å²) in [4.78, 5) is 24.1. The van der Waals surface area contributed by atoms with Crippen molar-refractivity contribution >= 4 is 11.9 Å². The zero-order valence-electron chi connectivity index (χ0n) is 13.0. The zero-order chi connectivity index (χ0) is 14.8. The smallest absolute Gasteiger partial charge is 0.407 e. The third-order valence-corrected chi connectivity index (χ3v) is 3.71. The highest BCUT2D eigenvalue weighted by Gasteiger charge is 2.44. The molecule has 0 radical (unpaired) electrons. The minimum absolute atomic E-state index is 0.0764. The number of ether oxygens (including phenoxy) is 1. The lowest BCUT2D eigenvalue weighted by atomic mass is 9.86. The van der Waals surface area contributed by atoms with E-state index in [9.17, 15) is 9.59 Å². The van der Waals surface area contributed by atoms with E-state index in [1.54, 1.807) is 0 Å². The quantitative estimate of drug-likeness (QED) is 0.855. The summed E-state index contributed by atoms with van der Waals surface area (Å²) in [6.45, 7) is 11.4. The topological polar surface area (TPSA) is 55.4 Å². The van der Waals surface area contributed by atoms with Crippen LogP contribution in [0.3, 0.4) is 0 Å². The molecule has 0 bridgehead atoms. The number of hydrogen-bond acceptors (Lipinski definition) is 3. The number of alkyl carbamates (subject to hydrolysis) is 1. The van der Waals surface area contributed by atoms with Crippen molar-refractivity contribution in [3.63, 3.8) is 0 Å². The van der Waals surface area contributed by atoms with Crippen LogP contribution in [0.1, 0.15) is 60.8 Å². The maximum Gasteiger partial charge on any atom is 0.407 e. The molecule has 4 heteroatoms. The molecule has 0 heterocycles. The molecular weight excluding hydrogens is 242 g/mol. The van der Waals surface area contributed by atoms with E-state index in [1.165, 1.54) is 0 Å². The van der Waals surface area contributed by atoms with Crippen molar-refractivity contribution in [1.29, 1.82) is 0 Å². The first-order valence-corrected chi connectivity index (χ1v) is 7.10. The number of ketones is 1. The number of amides is 1. The fraction of sp³-hybridized carbons (Fsp3) is 0.867. The Morgan fingerprint density at radius 3 is 2.42 bits per heavy atom. The largest absolute Gasteiger partial charge is 0.444 e. The van der Waals surface area contributed by atoms with Gasteiger partial charge < -0.3 is 10.1 Å². The lowest BCUT2D eigenvalue weighted by molar-refractivity contribution is -0.128. The Balaban J connectivity index is 2.65. The van der Waals surface area contributed by atoms with Gasteiger partial charge in [0.15, 0.2) is 0 Å². The number of rotatable bonds is 3. The maximum atomic E-state index is 12.3. The Morgan fingerprint density at radius 2 is 2.05 bits per heavy atom. The van der Waals surface area contributed by atoms with Gasteiger partial charge in [-0.05, 0) is 40.0 Å². The summed E-state index contributed by atoms with van der Waals surface area (Å²) in [6.07, 6.45) is 2.05. The van der Waals surface area contributed by atoms with Gasteiger partial charge in [0, 0.05) is 17.4 Å². The molecule has 2 atom stereocenters. The second-order valence-corrected chi connectivity index (χ2v) is 7.05. The lowest BCUT2D eigenvalue weighted by Crippen LogP contribution is -2.44. The third kappa shape index (κ3) is 4.22. The zero-order valence-corrected chi connectivity index (χ0v) is 13.0. The number of nitrogens with one attached hydrogen (secondary N) is 1. The number of carbonyl (C=O) groups is 2. The molecule has 19 heavy (non-hydrogen) atoms. The minimum atomic E-state index is -0.513. The SMILES string of the molecule is CCC(NC(=O)OC(C)(C)C)C1CCC(C)(C)C1=O. The van der Waals surface area contributed by atoms with Crippen molar-refractivity contribution in [2.24, 2.45) is 11.3 Å². The molecule has 1 saturated carbocycles. The molecule has 1 amide bonds. The van der Waals surface area contributed by atoms with Crippen molar-refractivity contribution < 1.29 is 14.3 Å². The predicted octanol–water partition coefficient (Wildman–Crippen LogP) is 3.30. The van der Waals surface area contributed by atoms with Crippen molar-refractivity contribution in [2.75, 3.05) is 0 Å². The van der Waals surface area contributed by atoms with Crippen LogP contribution >= 0.6 is 0 Å². The molecule has 1 N–H and O–H groups in total. The number of hydrogen-bond donors (Lipinski definition) is 1. The van der Waals surface area contributed by atoms with Crippen molar-refractivity contribution in [2.45, 2.75) is 72.4 Å². The van der Waals surface area contributed by atoms with E-state index >= 15 is 0 Å². The fourth-order valence-corrected chi connectivity index (χ4v) is 2.60. The number of Topliss-reactive ketones (excluding diaryl/α,β-unsaturated/α-hetero) is 1. The van der Waals surface area contributed by atoms with E-state index in [2.05, 4.69) is 5.32 Å². The predicted molar refractivity (Wildman–Crippen MR) is 75.0 cm³/mol. The molecule has 1 aliphatic carbocycles. The Bertz CT molecular complexity index is 355. The van der Waals surface area contributed by atoms with Crippen LogP contribution in [0, 0.1) is 11.3 Å². The molecule has 1 aliphatic rings. The molecule has 0 saturated heterocycles. The number of carbonyl (C=O) groups excluding carboxylic acids is 2.